The van der Waals surface area contributed by atoms with Crippen molar-refractivity contribution < 1.29 is 27.4 Å². The van der Waals surface area contributed by atoms with Crippen molar-refractivity contribution in [3.63, 3.8) is 0 Å². The first kappa shape index (κ1) is 23.2. The predicted molar refractivity (Wildman–Crippen MR) is 117 cm³/mol. The molecule has 1 aromatic carbocycles. The maximum atomic E-state index is 13.3. The highest BCUT2D eigenvalue weighted by Crippen LogP contribution is 2.52. The van der Waals surface area contributed by atoms with Crippen molar-refractivity contribution in [1.82, 2.24) is 15.2 Å². The number of carbonyl (C=O) groups is 1. The Morgan fingerprint density at radius 3 is 2.61 bits per heavy atom. The van der Waals surface area contributed by atoms with Crippen molar-refractivity contribution in [2.45, 2.75) is 38.5 Å². The number of fused-ring (bicyclic) bond motifs is 3. The summed E-state index contributed by atoms with van der Waals surface area (Å²) in [6, 6.07) is 4.66. The molecule has 12 heteroatoms. The average molecular weight is 499 g/mol. The van der Waals surface area contributed by atoms with E-state index in [0.29, 0.717) is 24.1 Å². The molecule has 0 saturated carbocycles. The second kappa shape index (κ2) is 8.45. The zero-order chi connectivity index (χ0) is 24.0. The number of nitrogens with zero attached hydrogens (tertiary/aromatic N) is 3. The van der Waals surface area contributed by atoms with Gasteiger partial charge in [0.1, 0.15) is 11.4 Å². The van der Waals surface area contributed by atoms with E-state index in [0.717, 1.165) is 17.0 Å². The lowest BCUT2D eigenvalue weighted by Crippen LogP contribution is -2.34. The molecule has 0 radical (unpaired) electrons. The van der Waals surface area contributed by atoms with Gasteiger partial charge in [0.2, 0.25) is 5.88 Å². The summed E-state index contributed by atoms with van der Waals surface area (Å²) in [6.07, 6.45) is -3.50. The van der Waals surface area contributed by atoms with Gasteiger partial charge < -0.3 is 9.47 Å². The molecule has 1 N–H and O–H groups in total. The van der Waals surface area contributed by atoms with Crippen LogP contribution >= 0.6 is 22.9 Å². The molecule has 3 heterocycles. The van der Waals surface area contributed by atoms with Crippen LogP contribution in [0, 0.1) is 0 Å². The summed E-state index contributed by atoms with van der Waals surface area (Å²) in [5, 5.41) is 10.2. The first-order valence-electron chi connectivity index (χ1n) is 9.92. The van der Waals surface area contributed by atoms with Gasteiger partial charge in [-0.1, -0.05) is 36.8 Å². The van der Waals surface area contributed by atoms with Crippen LogP contribution in [0.25, 0.3) is 11.3 Å². The van der Waals surface area contributed by atoms with Crippen molar-refractivity contribution >= 4 is 34.0 Å². The number of hydrogen-bond acceptors (Lipinski definition) is 7. The Bertz CT molecular complexity index is 1230. The molecule has 0 atom stereocenters. The summed E-state index contributed by atoms with van der Waals surface area (Å²) < 4.78 is 50.9. The highest BCUT2D eigenvalue weighted by atomic mass is 35.5. The zero-order valence-electron chi connectivity index (χ0n) is 17.7. The van der Waals surface area contributed by atoms with Gasteiger partial charge in [-0.05, 0) is 31.0 Å². The Kier molecular flexibility index (Phi) is 5.95. The van der Waals surface area contributed by atoms with Crippen molar-refractivity contribution in [3.05, 3.63) is 45.4 Å². The third-order valence-corrected chi connectivity index (χ3v) is 6.89. The number of nitrogens with one attached hydrogen (secondary N) is 1. The molecule has 0 saturated heterocycles. The van der Waals surface area contributed by atoms with Crippen LogP contribution < -0.4 is 14.8 Å². The number of alkyl halides is 3. The third-order valence-electron chi connectivity index (χ3n) is 5.45. The number of hydrogen-bond donors (Lipinski definition) is 1. The van der Waals surface area contributed by atoms with Gasteiger partial charge in [-0.2, -0.15) is 13.2 Å². The molecule has 0 spiro atoms. The van der Waals surface area contributed by atoms with Crippen LogP contribution in [-0.4, -0.2) is 28.2 Å². The molecule has 3 aromatic rings. The zero-order valence-corrected chi connectivity index (χ0v) is 19.3. The third kappa shape index (κ3) is 4.10. The molecular formula is C21H18ClF3N4O3S. The Labute approximate surface area is 195 Å². The number of ether oxygens (including phenoxy) is 2. The smallest absolute Gasteiger partial charge is 0.416 e. The number of thiazole rings is 1. The van der Waals surface area contributed by atoms with E-state index in [1.165, 1.54) is 30.6 Å². The van der Waals surface area contributed by atoms with E-state index in [1.54, 1.807) is 0 Å². The molecule has 0 aliphatic carbocycles. The lowest BCUT2D eigenvalue weighted by Gasteiger charge is -2.36. The number of benzene rings is 1. The lowest BCUT2D eigenvalue weighted by molar-refractivity contribution is -0.137. The van der Waals surface area contributed by atoms with Crippen LogP contribution in [0.15, 0.2) is 24.3 Å². The Hall–Kier alpha value is -2.92. The minimum absolute atomic E-state index is 0.0420. The van der Waals surface area contributed by atoms with E-state index in [2.05, 4.69) is 20.5 Å². The fourth-order valence-electron chi connectivity index (χ4n) is 3.60. The molecule has 0 unspecified atom stereocenters. The van der Waals surface area contributed by atoms with Crippen LogP contribution in [0.2, 0.25) is 5.15 Å². The molecule has 0 fully saturated rings. The Morgan fingerprint density at radius 1 is 1.24 bits per heavy atom. The first-order chi connectivity index (χ1) is 15.6. The normalized spacial score (nSPS) is 14.2. The number of halogens is 4. The van der Waals surface area contributed by atoms with Gasteiger partial charge in [0, 0.05) is 11.6 Å². The standard InChI is InChI=1S/C21H18ClF3N4O3S/c1-4-20(5-2)16-15(11-7-6-10(21(23,24)25)8-13(11)32-20)26-19(33-16)27-18(30)12-9-14(31-3)28-29-17(12)22/h6-9H,4-5H2,1-3H3,(H,26,27,30). The topological polar surface area (TPSA) is 86.2 Å². The number of carbonyl (C=O) groups excluding carboxylic acids is 1. The summed E-state index contributed by atoms with van der Waals surface area (Å²) in [5.41, 5.74) is -0.724. The first-order valence-corrected chi connectivity index (χ1v) is 11.1. The summed E-state index contributed by atoms with van der Waals surface area (Å²) >= 11 is 7.21. The van der Waals surface area contributed by atoms with Gasteiger partial charge in [0.15, 0.2) is 10.3 Å². The molecule has 1 aliphatic heterocycles. The van der Waals surface area contributed by atoms with E-state index in [9.17, 15) is 18.0 Å². The number of rotatable bonds is 5. The molecule has 0 bridgehead atoms. The molecule has 1 amide bonds. The summed E-state index contributed by atoms with van der Waals surface area (Å²) in [7, 11) is 1.38. The molecule has 174 valence electrons. The minimum Gasteiger partial charge on any atom is -0.481 e. The number of amides is 1. The quantitative estimate of drug-likeness (QED) is 0.468. The van der Waals surface area contributed by atoms with Crippen LogP contribution in [-0.2, 0) is 11.8 Å². The van der Waals surface area contributed by atoms with Crippen molar-refractivity contribution in [2.75, 3.05) is 12.4 Å². The second-order valence-electron chi connectivity index (χ2n) is 7.25. The van der Waals surface area contributed by atoms with Crippen LogP contribution in [0.5, 0.6) is 11.6 Å². The van der Waals surface area contributed by atoms with Crippen molar-refractivity contribution in [1.29, 1.82) is 0 Å². The Morgan fingerprint density at radius 2 is 1.97 bits per heavy atom. The predicted octanol–water partition coefficient (Wildman–Crippen LogP) is 5.94. The van der Waals surface area contributed by atoms with Crippen LogP contribution in [0.3, 0.4) is 0 Å². The van der Waals surface area contributed by atoms with E-state index < -0.39 is 23.2 Å². The summed E-state index contributed by atoms with van der Waals surface area (Å²) in [5.74, 6) is -0.358. The minimum atomic E-state index is -4.50. The molecule has 7 nitrogen and oxygen atoms in total. The number of methoxy groups -OCH3 is 1. The number of aromatic nitrogens is 3. The van der Waals surface area contributed by atoms with E-state index >= 15 is 0 Å². The molecule has 33 heavy (non-hydrogen) atoms. The maximum Gasteiger partial charge on any atom is 0.416 e. The van der Waals surface area contributed by atoms with Crippen LogP contribution in [0.4, 0.5) is 18.3 Å². The highest BCUT2D eigenvalue weighted by Gasteiger charge is 2.42. The molecule has 1 aliphatic rings. The molecule has 2 aromatic heterocycles. The maximum absolute atomic E-state index is 13.3. The van der Waals surface area contributed by atoms with Gasteiger partial charge in [-0.3, -0.25) is 10.1 Å². The fourth-order valence-corrected chi connectivity index (χ4v) is 5.02. The van der Waals surface area contributed by atoms with Gasteiger partial charge in [0.25, 0.3) is 5.91 Å². The van der Waals surface area contributed by atoms with Gasteiger partial charge in [-0.25, -0.2) is 4.98 Å². The fraction of sp³-hybridized carbons (Fsp3) is 0.333. The van der Waals surface area contributed by atoms with Crippen molar-refractivity contribution in [3.8, 4) is 22.9 Å². The van der Waals surface area contributed by atoms with Gasteiger partial charge in [-0.15, -0.1) is 10.2 Å². The SMILES string of the molecule is CCC1(CC)Oc2cc(C(F)(F)F)ccc2-c2nc(NC(=O)c3cc(OC)nnc3Cl)sc21. The summed E-state index contributed by atoms with van der Waals surface area (Å²) in [6.45, 7) is 3.77. The number of anilines is 1. The van der Waals surface area contributed by atoms with E-state index in [-0.39, 0.29) is 27.5 Å². The highest BCUT2D eigenvalue weighted by molar-refractivity contribution is 7.16. The summed E-state index contributed by atoms with van der Waals surface area (Å²) in [4.78, 5) is 18.1. The molecular weight excluding hydrogens is 481 g/mol. The second-order valence-corrected chi connectivity index (χ2v) is 8.61. The van der Waals surface area contributed by atoms with Crippen LogP contribution in [0.1, 0.15) is 47.5 Å². The average Bonchev–Trinajstić information content (AvgIpc) is 3.22. The monoisotopic (exact) mass is 498 g/mol. The van der Waals surface area contributed by atoms with Gasteiger partial charge >= 0.3 is 6.18 Å². The largest absolute Gasteiger partial charge is 0.481 e. The molecule has 4 rings (SSSR count). The van der Waals surface area contributed by atoms with Gasteiger partial charge in [0.05, 0.1) is 28.8 Å². The van der Waals surface area contributed by atoms with E-state index in [4.69, 9.17) is 21.1 Å². The lowest BCUT2D eigenvalue weighted by atomic mass is 9.89. The van der Waals surface area contributed by atoms with Crippen molar-refractivity contribution in [2.24, 2.45) is 0 Å². The Balaban J connectivity index is 1.76. The van der Waals surface area contributed by atoms with E-state index in [1.807, 2.05) is 13.8 Å².